The number of carbonyl (C=O) groups is 1. The number of allylic oxidation sites excluding steroid dienone is 9. The minimum absolute atomic E-state index is 0.0200. The van der Waals surface area contributed by atoms with Gasteiger partial charge in [-0.1, -0.05) is 49.8 Å². The van der Waals surface area contributed by atoms with Crippen molar-refractivity contribution < 1.29 is 13.3 Å². The molecule has 1 aliphatic rings. The quantitative estimate of drug-likeness (QED) is 0.345. The van der Waals surface area contributed by atoms with Gasteiger partial charge in [0.05, 0.1) is 15.1 Å². The highest BCUT2D eigenvalue weighted by atomic mass is 19.1. The zero-order valence-corrected chi connectivity index (χ0v) is 20.4. The van der Waals surface area contributed by atoms with Crippen LogP contribution in [0.4, 0.5) is 10.1 Å². The van der Waals surface area contributed by atoms with Crippen LogP contribution in [0.5, 0.6) is 0 Å². The predicted molar refractivity (Wildman–Crippen MR) is 138 cm³/mol. The molecule has 0 saturated carbocycles. The molecule has 0 fully saturated rings. The number of nitrogens with zero attached hydrogens (tertiary/aromatic N) is 2. The lowest BCUT2D eigenvalue weighted by Gasteiger charge is -2.37. The summed E-state index contributed by atoms with van der Waals surface area (Å²) >= 11 is 0. The third-order valence-electron chi connectivity index (χ3n) is 6.09. The van der Waals surface area contributed by atoms with Crippen molar-refractivity contribution in [1.82, 2.24) is 9.55 Å². The number of halogens is 1. The van der Waals surface area contributed by atoms with Gasteiger partial charge in [-0.3, -0.25) is 4.79 Å². The largest absolute Gasteiger partial charge is 0.330 e. The van der Waals surface area contributed by atoms with Gasteiger partial charge in [0.25, 0.3) is 0 Å². The molecule has 0 saturated heterocycles. The molecular weight excluding hydrogens is 425 g/mol. The maximum Gasteiger partial charge on any atom is 0.248 e. The zero-order chi connectivity index (χ0) is 27.3. The molecule has 1 amide bonds. The first kappa shape index (κ1) is 21.1. The summed E-state index contributed by atoms with van der Waals surface area (Å²) in [7, 11) is 0. The van der Waals surface area contributed by atoms with Crippen molar-refractivity contribution >= 4 is 11.6 Å². The zero-order valence-electron chi connectivity index (χ0n) is 23.4. The molecule has 0 spiro atoms. The maximum atomic E-state index is 13.0. The van der Waals surface area contributed by atoms with Gasteiger partial charge in [0, 0.05) is 24.1 Å². The number of benzene rings is 1. The average molecular weight is 463 g/mol. The molecule has 1 aromatic heterocycles. The Kier molecular flexibility index (Phi) is 6.89. The summed E-state index contributed by atoms with van der Waals surface area (Å²) in [5.41, 5.74) is 4.52. The van der Waals surface area contributed by atoms with E-state index in [1.165, 1.54) is 30.3 Å². The number of aromatic nitrogens is 2. The third kappa shape index (κ3) is 6.77. The predicted octanol–water partition coefficient (Wildman–Crippen LogP) is 7.34. The van der Waals surface area contributed by atoms with Crippen LogP contribution in [0.2, 0.25) is 0 Å². The molecule has 5 heteroatoms. The molecule has 4 nitrogen and oxygen atoms in total. The van der Waals surface area contributed by atoms with Crippen molar-refractivity contribution in [3.8, 4) is 0 Å². The van der Waals surface area contributed by atoms with Crippen LogP contribution < -0.4 is 5.32 Å². The van der Waals surface area contributed by atoms with Crippen molar-refractivity contribution in [3.63, 3.8) is 0 Å². The molecule has 1 heterocycles. The van der Waals surface area contributed by atoms with Crippen LogP contribution in [0, 0.1) is 11.2 Å². The van der Waals surface area contributed by atoms with Crippen molar-refractivity contribution in [2.24, 2.45) is 5.41 Å². The van der Waals surface area contributed by atoms with Crippen LogP contribution in [0.3, 0.4) is 0 Å². The monoisotopic (exact) mass is 462 g/mol. The molecule has 3 rings (SSSR count). The SMILES string of the molecule is [2H]c1nc([2H])n(C2CCC(C)(C)C(/C=C/C(C)=C/C=C/C(C)=C/C(=O)Nc3ccc(F)cc3)=C2C)c1[2H]. The van der Waals surface area contributed by atoms with Gasteiger partial charge in [0.15, 0.2) is 0 Å². The van der Waals surface area contributed by atoms with Crippen LogP contribution in [0.15, 0.2) is 102 Å². The van der Waals surface area contributed by atoms with Gasteiger partial charge in [-0.05, 0) is 80.0 Å². The summed E-state index contributed by atoms with van der Waals surface area (Å²) in [6, 6.07) is 5.46. The van der Waals surface area contributed by atoms with E-state index in [1.54, 1.807) is 4.57 Å². The van der Waals surface area contributed by atoms with Gasteiger partial charge in [0.2, 0.25) is 5.91 Å². The number of imidazole rings is 1. The Morgan fingerprint density at radius 1 is 1.24 bits per heavy atom. The first-order chi connectivity index (χ1) is 17.4. The van der Waals surface area contributed by atoms with Gasteiger partial charge in [-0.2, -0.15) is 0 Å². The lowest BCUT2D eigenvalue weighted by molar-refractivity contribution is -0.111. The van der Waals surface area contributed by atoms with Crippen LogP contribution in [-0.4, -0.2) is 15.5 Å². The smallest absolute Gasteiger partial charge is 0.248 e. The Balaban J connectivity index is 1.72. The van der Waals surface area contributed by atoms with E-state index >= 15 is 0 Å². The first-order valence-electron chi connectivity index (χ1n) is 12.9. The van der Waals surface area contributed by atoms with Gasteiger partial charge in [-0.15, -0.1) is 0 Å². The molecule has 1 N–H and O–H groups in total. The molecule has 34 heavy (non-hydrogen) atoms. The first-order valence-corrected chi connectivity index (χ1v) is 11.4. The molecule has 178 valence electrons. The minimum Gasteiger partial charge on any atom is -0.330 e. The van der Waals surface area contributed by atoms with Gasteiger partial charge < -0.3 is 9.88 Å². The van der Waals surface area contributed by atoms with Crippen molar-refractivity contribution in [2.75, 3.05) is 5.32 Å². The summed E-state index contributed by atoms with van der Waals surface area (Å²) in [6.07, 6.45) is 12.8. The second-order valence-electron chi connectivity index (χ2n) is 9.33. The highest BCUT2D eigenvalue weighted by Crippen LogP contribution is 2.45. The number of anilines is 1. The Bertz CT molecular complexity index is 1310. The Morgan fingerprint density at radius 2 is 1.97 bits per heavy atom. The van der Waals surface area contributed by atoms with Gasteiger partial charge in [-0.25, -0.2) is 9.37 Å². The molecular formula is C29H34FN3O. The summed E-state index contributed by atoms with van der Waals surface area (Å²) in [4.78, 5) is 16.0. The van der Waals surface area contributed by atoms with Crippen LogP contribution in [-0.2, 0) is 4.79 Å². The number of hydrogen-bond donors (Lipinski definition) is 1. The Morgan fingerprint density at radius 3 is 2.65 bits per heavy atom. The van der Waals surface area contributed by atoms with Crippen LogP contribution >= 0.6 is 0 Å². The molecule has 1 aliphatic carbocycles. The van der Waals surface area contributed by atoms with E-state index in [4.69, 9.17) is 4.11 Å². The van der Waals surface area contributed by atoms with Crippen molar-refractivity contribution in [1.29, 1.82) is 0 Å². The highest BCUT2D eigenvalue weighted by Gasteiger charge is 2.32. The number of amides is 1. The molecule has 0 bridgehead atoms. The molecule has 2 aromatic rings. The topological polar surface area (TPSA) is 46.9 Å². The maximum absolute atomic E-state index is 13.0. The van der Waals surface area contributed by atoms with Crippen LogP contribution in [0.1, 0.15) is 57.6 Å². The standard InChI is InChI=1S/C29H34FN3O/c1-21(7-6-8-22(2)19-28(34)32-25-12-10-24(30)11-13-25)9-14-26-23(3)27(15-16-29(26,4)5)33-18-17-31-20-33/h6-14,17-20,27H,15-16H2,1-5H3,(H,32,34)/b8-6+,14-9+,21-7+,22-19+/i17D,18D,20D. The van der Waals surface area contributed by atoms with E-state index in [9.17, 15) is 9.18 Å². The average Bonchev–Trinajstić information content (AvgIpc) is 3.06. The number of carbonyl (C=O) groups excluding carboxylic acids is 1. The van der Waals surface area contributed by atoms with E-state index < -0.39 is 0 Å². The van der Waals surface area contributed by atoms with E-state index in [0.29, 0.717) is 5.69 Å². The normalized spacial score (nSPS) is 20.5. The number of hydrogen-bond acceptors (Lipinski definition) is 2. The van der Waals surface area contributed by atoms with E-state index in [2.05, 4.69) is 30.2 Å². The van der Waals surface area contributed by atoms with E-state index in [1.807, 2.05) is 45.1 Å². The summed E-state index contributed by atoms with van der Waals surface area (Å²) in [5.74, 6) is -0.639. The molecule has 0 radical (unpaired) electrons. The Labute approximate surface area is 206 Å². The van der Waals surface area contributed by atoms with Gasteiger partial charge in [0.1, 0.15) is 7.19 Å². The molecule has 1 unspecified atom stereocenters. The third-order valence-corrected chi connectivity index (χ3v) is 6.09. The lowest BCUT2D eigenvalue weighted by atomic mass is 9.71. The molecule has 1 atom stereocenters. The number of rotatable bonds is 7. The fourth-order valence-corrected chi connectivity index (χ4v) is 4.16. The second kappa shape index (κ2) is 11.1. The van der Waals surface area contributed by atoms with E-state index in [0.717, 1.165) is 35.1 Å². The van der Waals surface area contributed by atoms with Crippen molar-refractivity contribution in [2.45, 2.75) is 53.5 Å². The van der Waals surface area contributed by atoms with E-state index in [-0.39, 0.29) is 41.8 Å². The fraction of sp³-hybridized carbons (Fsp3) is 0.310. The minimum atomic E-state index is -0.355. The second-order valence-corrected chi connectivity index (χ2v) is 9.33. The number of nitrogens with one attached hydrogen (secondary N) is 1. The fourth-order valence-electron chi connectivity index (χ4n) is 4.16. The van der Waals surface area contributed by atoms with Crippen molar-refractivity contribution in [3.05, 3.63) is 107 Å². The van der Waals surface area contributed by atoms with Gasteiger partial charge >= 0.3 is 0 Å². The van der Waals surface area contributed by atoms with Crippen LogP contribution in [0.25, 0.3) is 0 Å². The Hall–Kier alpha value is -3.47. The summed E-state index contributed by atoms with van der Waals surface area (Å²) < 4.78 is 38.7. The highest BCUT2D eigenvalue weighted by molar-refractivity contribution is 5.99. The summed E-state index contributed by atoms with van der Waals surface area (Å²) in [6.45, 7) is 10.3. The summed E-state index contributed by atoms with van der Waals surface area (Å²) in [5, 5.41) is 2.70. The lowest BCUT2D eigenvalue weighted by Crippen LogP contribution is -2.25. The molecule has 0 aliphatic heterocycles. The molecule has 1 aromatic carbocycles.